The third-order valence-electron chi connectivity index (χ3n) is 2.72. The van der Waals surface area contributed by atoms with E-state index in [1.54, 1.807) is 7.05 Å². The summed E-state index contributed by atoms with van der Waals surface area (Å²) in [7, 11) is -1.57. The van der Waals surface area contributed by atoms with Gasteiger partial charge in [-0.05, 0) is 24.7 Å². The minimum atomic E-state index is -4.48. The van der Waals surface area contributed by atoms with Crippen LogP contribution >= 0.6 is 0 Å². The summed E-state index contributed by atoms with van der Waals surface area (Å²) in [6.45, 7) is 0.172. The van der Waals surface area contributed by atoms with E-state index in [1.165, 1.54) is 17.0 Å². The fourth-order valence-corrected chi connectivity index (χ4v) is 2.33. The summed E-state index contributed by atoms with van der Waals surface area (Å²) in [6.07, 6.45) is -3.40. The Kier molecular flexibility index (Phi) is 5.04. The van der Waals surface area contributed by atoms with E-state index >= 15 is 0 Å². The van der Waals surface area contributed by atoms with Crippen LogP contribution in [0.5, 0.6) is 0 Å². The van der Waals surface area contributed by atoms with E-state index in [-0.39, 0.29) is 30.1 Å². The lowest BCUT2D eigenvalue weighted by atomic mass is 10.1. The average Bonchev–Trinajstić information content (AvgIpc) is 2.26. The third-order valence-corrected chi connectivity index (χ3v) is 3.65. The van der Waals surface area contributed by atoms with Gasteiger partial charge in [0.05, 0.1) is 11.3 Å². The number of nitrogens with two attached hydrogens (primary N) is 1. The second-order valence-electron chi connectivity index (χ2n) is 4.78. The van der Waals surface area contributed by atoms with Crippen LogP contribution in [0.1, 0.15) is 11.1 Å². The molecule has 1 aromatic carbocycles. The first-order valence-corrected chi connectivity index (χ1v) is 7.87. The summed E-state index contributed by atoms with van der Waals surface area (Å²) in [5.41, 5.74) is 4.70. The molecule has 2 N–H and O–H groups in total. The number of nitrogen functional groups attached to an aromatic ring is 1. The molecule has 0 spiro atoms. The molecular weight excluding hydrogens is 293 g/mol. The zero-order valence-corrected chi connectivity index (χ0v) is 12.1. The standard InChI is InChI=1S/C12H17F3N2O2S/c1-17(5-6-20(2,18)19)8-9-3-4-10(16)7-11(9)12(13,14)15/h3-4,7H,5-6,8,16H2,1-2H3. The van der Waals surface area contributed by atoms with Crippen molar-refractivity contribution in [1.29, 1.82) is 0 Å². The number of alkyl halides is 3. The number of sulfone groups is 1. The van der Waals surface area contributed by atoms with Crippen LogP contribution in [0, 0.1) is 0 Å². The smallest absolute Gasteiger partial charge is 0.399 e. The Labute approximate surface area is 116 Å². The SMILES string of the molecule is CN(CCS(C)(=O)=O)Cc1ccc(N)cc1C(F)(F)F. The van der Waals surface area contributed by atoms with Crippen LogP contribution in [0.2, 0.25) is 0 Å². The maximum absolute atomic E-state index is 12.9. The third kappa shape index (κ3) is 5.38. The first-order valence-electron chi connectivity index (χ1n) is 5.81. The predicted octanol–water partition coefficient (Wildman–Crippen LogP) is 1.76. The van der Waals surface area contributed by atoms with Crippen LogP contribution in [-0.4, -0.2) is 38.9 Å². The van der Waals surface area contributed by atoms with Crippen LogP contribution < -0.4 is 5.73 Å². The van der Waals surface area contributed by atoms with Gasteiger partial charge in [0.25, 0.3) is 0 Å². The van der Waals surface area contributed by atoms with Crippen molar-refractivity contribution in [3.05, 3.63) is 29.3 Å². The summed E-state index contributed by atoms with van der Waals surface area (Å²) in [5, 5.41) is 0. The molecule has 0 fully saturated rings. The molecule has 0 saturated carbocycles. The van der Waals surface area contributed by atoms with Gasteiger partial charge in [-0.3, -0.25) is 0 Å². The summed E-state index contributed by atoms with van der Waals surface area (Å²) in [4.78, 5) is 1.53. The van der Waals surface area contributed by atoms with Crippen LogP contribution in [0.25, 0.3) is 0 Å². The van der Waals surface area contributed by atoms with Gasteiger partial charge in [0.1, 0.15) is 9.84 Å². The van der Waals surface area contributed by atoms with Gasteiger partial charge in [-0.1, -0.05) is 6.07 Å². The molecule has 1 aromatic rings. The molecule has 0 aliphatic carbocycles. The van der Waals surface area contributed by atoms with Crippen LogP contribution in [-0.2, 0) is 22.6 Å². The fraction of sp³-hybridized carbons (Fsp3) is 0.500. The molecule has 0 aliphatic heterocycles. The molecule has 0 saturated heterocycles. The summed E-state index contributed by atoms with van der Waals surface area (Å²) < 4.78 is 60.7. The van der Waals surface area contributed by atoms with E-state index in [2.05, 4.69) is 0 Å². The van der Waals surface area contributed by atoms with E-state index < -0.39 is 21.6 Å². The largest absolute Gasteiger partial charge is 0.416 e. The lowest BCUT2D eigenvalue weighted by molar-refractivity contribution is -0.138. The van der Waals surface area contributed by atoms with Crippen molar-refractivity contribution >= 4 is 15.5 Å². The van der Waals surface area contributed by atoms with Crippen molar-refractivity contribution in [2.45, 2.75) is 12.7 Å². The lowest BCUT2D eigenvalue weighted by Gasteiger charge is -2.20. The highest BCUT2D eigenvalue weighted by Crippen LogP contribution is 2.33. The highest BCUT2D eigenvalue weighted by Gasteiger charge is 2.33. The Morgan fingerprint density at radius 2 is 1.90 bits per heavy atom. The van der Waals surface area contributed by atoms with Crippen molar-refractivity contribution in [2.75, 3.05) is 31.3 Å². The van der Waals surface area contributed by atoms with Crippen LogP contribution in [0.15, 0.2) is 18.2 Å². The van der Waals surface area contributed by atoms with Gasteiger partial charge in [0.15, 0.2) is 0 Å². The predicted molar refractivity (Wildman–Crippen MR) is 71.9 cm³/mol. The van der Waals surface area contributed by atoms with Gasteiger partial charge < -0.3 is 10.6 Å². The number of anilines is 1. The van der Waals surface area contributed by atoms with E-state index in [9.17, 15) is 21.6 Å². The molecule has 4 nitrogen and oxygen atoms in total. The normalized spacial score (nSPS) is 12.9. The molecular formula is C12H17F3N2O2S. The van der Waals surface area contributed by atoms with E-state index in [1.807, 2.05) is 0 Å². The Morgan fingerprint density at radius 1 is 1.30 bits per heavy atom. The zero-order valence-electron chi connectivity index (χ0n) is 11.2. The Hall–Kier alpha value is -1.28. The maximum atomic E-state index is 12.9. The molecule has 0 atom stereocenters. The number of hydrogen-bond donors (Lipinski definition) is 1. The molecule has 8 heteroatoms. The zero-order chi connectivity index (χ0) is 15.6. The molecule has 0 amide bonds. The number of hydrogen-bond acceptors (Lipinski definition) is 4. The Balaban J connectivity index is 2.87. The quantitative estimate of drug-likeness (QED) is 0.842. The minimum Gasteiger partial charge on any atom is -0.399 e. The second-order valence-corrected chi connectivity index (χ2v) is 7.04. The molecule has 1 rings (SSSR count). The monoisotopic (exact) mass is 310 g/mol. The topological polar surface area (TPSA) is 63.4 Å². The second kappa shape index (κ2) is 6.01. The lowest BCUT2D eigenvalue weighted by Crippen LogP contribution is -2.26. The van der Waals surface area contributed by atoms with Gasteiger partial charge in [-0.15, -0.1) is 0 Å². The molecule has 0 aliphatic rings. The van der Waals surface area contributed by atoms with Crippen LogP contribution in [0.3, 0.4) is 0 Å². The maximum Gasteiger partial charge on any atom is 0.416 e. The van der Waals surface area contributed by atoms with Crippen molar-refractivity contribution < 1.29 is 21.6 Å². The van der Waals surface area contributed by atoms with Crippen LogP contribution in [0.4, 0.5) is 18.9 Å². The fourth-order valence-electron chi connectivity index (χ4n) is 1.69. The van der Waals surface area contributed by atoms with Crippen molar-refractivity contribution in [2.24, 2.45) is 0 Å². The van der Waals surface area contributed by atoms with Gasteiger partial charge in [0, 0.05) is 25.0 Å². The Morgan fingerprint density at radius 3 is 2.40 bits per heavy atom. The Bertz CT molecular complexity index is 571. The van der Waals surface area contributed by atoms with Gasteiger partial charge in [0.2, 0.25) is 0 Å². The van der Waals surface area contributed by atoms with Gasteiger partial charge in [-0.2, -0.15) is 13.2 Å². The highest BCUT2D eigenvalue weighted by molar-refractivity contribution is 7.90. The van der Waals surface area contributed by atoms with E-state index in [0.29, 0.717) is 0 Å². The van der Waals surface area contributed by atoms with Gasteiger partial charge >= 0.3 is 6.18 Å². The molecule has 0 radical (unpaired) electrons. The van der Waals surface area contributed by atoms with Crippen molar-refractivity contribution in [1.82, 2.24) is 4.90 Å². The summed E-state index contributed by atoms with van der Waals surface area (Å²) in [5.74, 6) is -0.0974. The number of nitrogens with zero attached hydrogens (tertiary/aromatic N) is 1. The minimum absolute atomic E-state index is 0.00461. The number of halogens is 3. The molecule has 20 heavy (non-hydrogen) atoms. The molecule has 0 heterocycles. The molecule has 0 bridgehead atoms. The first kappa shape index (κ1) is 16.8. The number of rotatable bonds is 5. The number of benzene rings is 1. The highest BCUT2D eigenvalue weighted by atomic mass is 32.2. The average molecular weight is 310 g/mol. The van der Waals surface area contributed by atoms with E-state index in [4.69, 9.17) is 5.73 Å². The van der Waals surface area contributed by atoms with Gasteiger partial charge in [-0.25, -0.2) is 8.42 Å². The summed E-state index contributed by atoms with van der Waals surface area (Å²) >= 11 is 0. The van der Waals surface area contributed by atoms with E-state index in [0.717, 1.165) is 12.3 Å². The van der Waals surface area contributed by atoms with Crippen molar-refractivity contribution in [3.8, 4) is 0 Å². The first-order chi connectivity index (χ1) is 8.99. The van der Waals surface area contributed by atoms with Crippen molar-refractivity contribution in [3.63, 3.8) is 0 Å². The molecule has 114 valence electrons. The summed E-state index contributed by atoms with van der Waals surface area (Å²) in [6, 6.07) is 3.60. The molecule has 0 unspecified atom stereocenters. The molecule has 0 aromatic heterocycles.